The van der Waals surface area contributed by atoms with Gasteiger partial charge in [-0.3, -0.25) is 14.9 Å². The van der Waals surface area contributed by atoms with E-state index in [-0.39, 0.29) is 35.8 Å². The number of hydrogen-bond acceptors (Lipinski definition) is 5. The molecule has 2 fully saturated rings. The molecule has 1 aromatic rings. The molecule has 0 spiro atoms. The third-order valence-corrected chi connectivity index (χ3v) is 5.65. The van der Waals surface area contributed by atoms with E-state index in [1.807, 2.05) is 0 Å². The lowest BCUT2D eigenvalue weighted by molar-refractivity contribution is -0.383. The predicted octanol–water partition coefficient (Wildman–Crippen LogP) is 4.15. The SMILES string of the molecule is CNc1cc(NC2CC(F)(F)C2)c(C(=O)NC2CCC(C)CC2)cc1[N+](=O)[O-]. The van der Waals surface area contributed by atoms with Crippen LogP contribution in [0.2, 0.25) is 0 Å². The fourth-order valence-electron chi connectivity index (χ4n) is 3.90. The normalized spacial score (nSPS) is 24.1. The molecule has 28 heavy (non-hydrogen) atoms. The molecular weight excluding hydrogens is 370 g/mol. The molecular formula is C19H26F2N4O3. The Hall–Kier alpha value is -2.45. The Labute approximate surface area is 162 Å². The van der Waals surface area contributed by atoms with Gasteiger partial charge in [-0.1, -0.05) is 6.92 Å². The molecule has 9 heteroatoms. The molecule has 1 amide bonds. The van der Waals surface area contributed by atoms with Gasteiger partial charge in [-0.2, -0.15) is 0 Å². The highest BCUT2D eigenvalue weighted by atomic mass is 19.3. The summed E-state index contributed by atoms with van der Waals surface area (Å²) in [4.78, 5) is 23.7. The first-order chi connectivity index (χ1) is 13.2. The Morgan fingerprint density at radius 2 is 1.79 bits per heavy atom. The van der Waals surface area contributed by atoms with Crippen LogP contribution in [0.1, 0.15) is 55.8 Å². The molecule has 0 saturated heterocycles. The number of amides is 1. The van der Waals surface area contributed by atoms with Crippen molar-refractivity contribution in [2.24, 2.45) is 5.92 Å². The number of carbonyl (C=O) groups is 1. The summed E-state index contributed by atoms with van der Waals surface area (Å²) in [5.41, 5.74) is 0.438. The smallest absolute Gasteiger partial charge is 0.293 e. The van der Waals surface area contributed by atoms with Gasteiger partial charge in [-0.05, 0) is 37.7 Å². The molecule has 7 nitrogen and oxygen atoms in total. The first-order valence-corrected chi connectivity index (χ1v) is 9.64. The zero-order valence-electron chi connectivity index (χ0n) is 16.1. The molecule has 0 heterocycles. The molecule has 0 aromatic heterocycles. The van der Waals surface area contributed by atoms with Crippen LogP contribution in [0.25, 0.3) is 0 Å². The predicted molar refractivity (Wildman–Crippen MR) is 103 cm³/mol. The van der Waals surface area contributed by atoms with Crippen LogP contribution in [0.3, 0.4) is 0 Å². The highest BCUT2D eigenvalue weighted by Gasteiger charge is 2.45. The molecule has 0 unspecified atom stereocenters. The standard InChI is InChI=1S/C19H26F2N4O3/c1-11-3-5-12(6-4-11)24-18(26)14-7-17(25(27)28)16(22-2)8-15(14)23-13-9-19(20,21)10-13/h7-8,11-13,22-23H,3-6,9-10H2,1-2H3,(H,24,26). The van der Waals surface area contributed by atoms with Gasteiger partial charge in [0.25, 0.3) is 17.5 Å². The number of hydrogen-bond donors (Lipinski definition) is 3. The Kier molecular flexibility index (Phi) is 5.71. The van der Waals surface area contributed by atoms with Crippen LogP contribution in [0.15, 0.2) is 12.1 Å². The van der Waals surface area contributed by atoms with Gasteiger partial charge in [0.1, 0.15) is 5.69 Å². The van der Waals surface area contributed by atoms with E-state index in [1.54, 1.807) is 0 Å². The quantitative estimate of drug-likeness (QED) is 0.496. The number of alkyl halides is 2. The second-order valence-electron chi connectivity index (χ2n) is 7.96. The fraction of sp³-hybridized carbons (Fsp3) is 0.632. The van der Waals surface area contributed by atoms with Crippen molar-refractivity contribution in [3.8, 4) is 0 Å². The Balaban J connectivity index is 1.84. The van der Waals surface area contributed by atoms with Gasteiger partial charge in [-0.15, -0.1) is 0 Å². The van der Waals surface area contributed by atoms with Crippen molar-refractivity contribution >= 4 is 23.0 Å². The van der Waals surface area contributed by atoms with E-state index in [1.165, 1.54) is 19.2 Å². The summed E-state index contributed by atoms with van der Waals surface area (Å²) in [5.74, 6) is -2.49. The van der Waals surface area contributed by atoms with Crippen molar-refractivity contribution < 1.29 is 18.5 Å². The molecule has 2 saturated carbocycles. The minimum absolute atomic E-state index is 0.0209. The van der Waals surface area contributed by atoms with E-state index in [0.29, 0.717) is 11.6 Å². The maximum atomic E-state index is 13.2. The van der Waals surface area contributed by atoms with Crippen LogP contribution in [-0.4, -0.2) is 35.9 Å². The van der Waals surface area contributed by atoms with Gasteiger partial charge in [0.05, 0.1) is 10.5 Å². The summed E-state index contributed by atoms with van der Waals surface area (Å²) >= 11 is 0. The third-order valence-electron chi connectivity index (χ3n) is 5.65. The van der Waals surface area contributed by atoms with Crippen molar-refractivity contribution in [1.29, 1.82) is 0 Å². The number of rotatable bonds is 6. The Morgan fingerprint density at radius 3 is 2.32 bits per heavy atom. The largest absolute Gasteiger partial charge is 0.383 e. The summed E-state index contributed by atoms with van der Waals surface area (Å²) in [6, 6.07) is 2.22. The molecule has 0 radical (unpaired) electrons. The van der Waals surface area contributed by atoms with E-state index in [2.05, 4.69) is 22.9 Å². The fourth-order valence-corrected chi connectivity index (χ4v) is 3.90. The number of nitro benzene ring substituents is 1. The number of benzene rings is 1. The number of nitrogens with zero attached hydrogens (tertiary/aromatic N) is 1. The van der Waals surface area contributed by atoms with E-state index in [0.717, 1.165) is 25.7 Å². The number of halogens is 2. The zero-order chi connectivity index (χ0) is 20.5. The first kappa shape index (κ1) is 20.3. The van der Waals surface area contributed by atoms with Gasteiger partial charge in [0.15, 0.2) is 0 Å². The summed E-state index contributed by atoms with van der Waals surface area (Å²) < 4.78 is 26.4. The Morgan fingerprint density at radius 1 is 1.14 bits per heavy atom. The van der Waals surface area contributed by atoms with Crippen LogP contribution in [-0.2, 0) is 0 Å². The molecule has 3 rings (SSSR count). The minimum atomic E-state index is -2.70. The average molecular weight is 396 g/mol. The van der Waals surface area contributed by atoms with Crippen molar-refractivity contribution in [2.45, 2.75) is 63.5 Å². The van der Waals surface area contributed by atoms with Crippen LogP contribution in [0, 0.1) is 16.0 Å². The van der Waals surface area contributed by atoms with Crippen LogP contribution >= 0.6 is 0 Å². The zero-order valence-corrected chi connectivity index (χ0v) is 16.1. The monoisotopic (exact) mass is 396 g/mol. The van der Waals surface area contributed by atoms with Crippen molar-refractivity contribution in [1.82, 2.24) is 5.32 Å². The third kappa shape index (κ3) is 4.51. The highest BCUT2D eigenvalue weighted by Crippen LogP contribution is 2.40. The van der Waals surface area contributed by atoms with Gasteiger partial charge in [0.2, 0.25) is 0 Å². The van der Waals surface area contributed by atoms with Gasteiger partial charge in [-0.25, -0.2) is 8.78 Å². The first-order valence-electron chi connectivity index (χ1n) is 9.64. The van der Waals surface area contributed by atoms with Crippen molar-refractivity contribution in [2.75, 3.05) is 17.7 Å². The van der Waals surface area contributed by atoms with Crippen LogP contribution in [0.5, 0.6) is 0 Å². The number of carbonyl (C=O) groups excluding carboxylic acids is 1. The molecule has 3 N–H and O–H groups in total. The topological polar surface area (TPSA) is 96.3 Å². The van der Waals surface area contributed by atoms with Crippen molar-refractivity contribution in [3.63, 3.8) is 0 Å². The number of anilines is 2. The lowest BCUT2D eigenvalue weighted by atomic mass is 9.87. The van der Waals surface area contributed by atoms with Gasteiger partial charge in [0, 0.05) is 43.7 Å². The number of nitrogens with one attached hydrogen (secondary N) is 3. The molecule has 2 aliphatic rings. The van der Waals surface area contributed by atoms with E-state index >= 15 is 0 Å². The average Bonchev–Trinajstić information content (AvgIpc) is 2.61. The lowest BCUT2D eigenvalue weighted by Gasteiger charge is -2.36. The molecule has 2 aliphatic carbocycles. The number of nitro groups is 1. The van der Waals surface area contributed by atoms with E-state index in [4.69, 9.17) is 0 Å². The van der Waals surface area contributed by atoms with Crippen LogP contribution in [0.4, 0.5) is 25.8 Å². The molecule has 0 aliphatic heterocycles. The highest BCUT2D eigenvalue weighted by molar-refractivity contribution is 6.02. The molecule has 0 atom stereocenters. The Bertz CT molecular complexity index is 756. The summed E-state index contributed by atoms with van der Waals surface area (Å²) in [5, 5.41) is 20.0. The molecule has 1 aromatic carbocycles. The maximum absolute atomic E-state index is 13.2. The molecule has 0 bridgehead atoms. The van der Waals surface area contributed by atoms with E-state index < -0.39 is 22.8 Å². The molecule has 154 valence electrons. The minimum Gasteiger partial charge on any atom is -0.383 e. The van der Waals surface area contributed by atoms with Crippen LogP contribution < -0.4 is 16.0 Å². The summed E-state index contributed by atoms with van der Waals surface area (Å²) in [6.45, 7) is 2.17. The lowest BCUT2D eigenvalue weighted by Crippen LogP contribution is -2.45. The van der Waals surface area contributed by atoms with Gasteiger partial charge >= 0.3 is 0 Å². The summed E-state index contributed by atoms with van der Waals surface area (Å²) in [7, 11) is 1.53. The summed E-state index contributed by atoms with van der Waals surface area (Å²) in [6.07, 6.45) is 3.13. The van der Waals surface area contributed by atoms with Crippen molar-refractivity contribution in [3.05, 3.63) is 27.8 Å². The van der Waals surface area contributed by atoms with Gasteiger partial charge < -0.3 is 16.0 Å². The second kappa shape index (κ2) is 7.89. The van der Waals surface area contributed by atoms with E-state index in [9.17, 15) is 23.7 Å². The maximum Gasteiger partial charge on any atom is 0.293 e. The second-order valence-corrected chi connectivity index (χ2v) is 7.96.